The Morgan fingerprint density at radius 2 is 1.18 bits per heavy atom. The summed E-state index contributed by atoms with van der Waals surface area (Å²) in [5.74, 6) is 0.582. The maximum atomic E-state index is 14.8. The van der Waals surface area contributed by atoms with E-state index < -0.39 is 57.4 Å². The predicted octanol–water partition coefficient (Wildman–Crippen LogP) is 9.53. The van der Waals surface area contributed by atoms with E-state index in [1.54, 1.807) is 89.5 Å². The summed E-state index contributed by atoms with van der Waals surface area (Å²) in [6, 6.07) is 28.7. The molecule has 0 bridgehead atoms. The van der Waals surface area contributed by atoms with Gasteiger partial charge in [0.25, 0.3) is 0 Å². The molecule has 0 aliphatic rings. The van der Waals surface area contributed by atoms with E-state index in [0.717, 1.165) is 21.9 Å². The molecule has 8 aromatic rings. The molecule has 7 unspecified atom stereocenters. The van der Waals surface area contributed by atoms with Crippen molar-refractivity contribution in [2.45, 2.75) is 118 Å². The number of nitrogen functional groups attached to an aromatic ring is 2. The largest absolute Gasteiger partial charge is 0.462 e. The highest BCUT2D eigenvalue weighted by Gasteiger charge is 2.34. The van der Waals surface area contributed by atoms with Crippen molar-refractivity contribution in [3.63, 3.8) is 0 Å². The van der Waals surface area contributed by atoms with Crippen molar-refractivity contribution in [2.24, 2.45) is 0 Å². The van der Waals surface area contributed by atoms with E-state index in [9.17, 15) is 18.7 Å². The van der Waals surface area contributed by atoms with Gasteiger partial charge in [0.05, 0.1) is 59.8 Å². The number of hydrogen-bond donors (Lipinski definition) is 4. The SMILES string of the molecule is CCOCc1nc2c(N)nc3ccccc3c2n1CC(C)OCP(=O)(NC(C)C(=O)OC(C)Cc1ccc2c(c1)nc(N)c1ncn(CC(C)OCP(=O)(NC(C)C(=O)OC(C)C)Oc3ccccc3)c12)Oc1ccccc1. The second-order valence-electron chi connectivity index (χ2n) is 19.4. The number of benzene rings is 4. The Balaban J connectivity index is 0.919. The van der Waals surface area contributed by atoms with Crippen LogP contribution >= 0.6 is 15.0 Å². The predicted molar refractivity (Wildman–Crippen MR) is 300 cm³/mol. The maximum absolute atomic E-state index is 14.8. The minimum atomic E-state index is -3.95. The minimum Gasteiger partial charge on any atom is -0.462 e. The third kappa shape index (κ3) is 14.2. The van der Waals surface area contributed by atoms with E-state index in [1.165, 1.54) is 0 Å². The summed E-state index contributed by atoms with van der Waals surface area (Å²) in [6.45, 7) is 15.2. The number of hydrogen-bond acceptors (Lipinski definition) is 17. The molecule has 0 amide bonds. The molecule has 21 nitrogen and oxygen atoms in total. The molecular formula is C55H68N10O11P2. The molecule has 0 aliphatic heterocycles. The number of fused-ring (bicyclic) bond motifs is 6. The van der Waals surface area contributed by atoms with Gasteiger partial charge in [0.2, 0.25) is 0 Å². The van der Waals surface area contributed by atoms with Crippen LogP contribution in [0, 0.1) is 0 Å². The Morgan fingerprint density at radius 3 is 1.79 bits per heavy atom. The summed E-state index contributed by atoms with van der Waals surface area (Å²) in [7, 11) is -7.77. The van der Waals surface area contributed by atoms with Gasteiger partial charge in [0.15, 0.2) is 11.6 Å². The van der Waals surface area contributed by atoms with Gasteiger partial charge in [-0.15, -0.1) is 0 Å². The van der Waals surface area contributed by atoms with Gasteiger partial charge in [-0.2, -0.15) is 0 Å². The second kappa shape index (κ2) is 25.2. The highest BCUT2D eigenvalue weighted by atomic mass is 31.2. The summed E-state index contributed by atoms with van der Waals surface area (Å²) in [4.78, 5) is 45.1. The number of nitrogens with one attached hydrogen (secondary N) is 2. The third-order valence-electron chi connectivity index (χ3n) is 12.4. The van der Waals surface area contributed by atoms with E-state index in [1.807, 2.05) is 84.5 Å². The van der Waals surface area contributed by atoms with Crippen LogP contribution in [0.15, 0.2) is 109 Å². The number of nitrogens with zero attached hydrogens (tertiary/aromatic N) is 6. The number of carbonyl (C=O) groups excluding carboxylic acids is 2. The average Bonchev–Trinajstić information content (AvgIpc) is 4.20. The molecule has 0 radical (unpaired) electrons. The Bertz CT molecular complexity index is 3470. The van der Waals surface area contributed by atoms with Crippen molar-refractivity contribution in [2.75, 3.05) is 30.8 Å². The fraction of sp³-hybridized carbons (Fsp3) is 0.382. The van der Waals surface area contributed by atoms with Crippen LogP contribution in [0.2, 0.25) is 0 Å². The molecular weight excluding hydrogens is 1040 g/mol. The Morgan fingerprint density at radius 1 is 0.628 bits per heavy atom. The summed E-state index contributed by atoms with van der Waals surface area (Å²) in [5, 5.41) is 7.37. The fourth-order valence-electron chi connectivity index (χ4n) is 8.85. The normalized spacial score (nSPS) is 15.4. The van der Waals surface area contributed by atoms with Crippen molar-refractivity contribution >= 4 is 82.5 Å². The maximum Gasteiger partial charge on any atom is 0.342 e. The van der Waals surface area contributed by atoms with Crippen molar-refractivity contribution < 1.29 is 51.5 Å². The van der Waals surface area contributed by atoms with Crippen LogP contribution in [0.4, 0.5) is 11.6 Å². The van der Waals surface area contributed by atoms with Crippen LogP contribution in [0.25, 0.3) is 43.9 Å². The number of rotatable bonds is 27. The van der Waals surface area contributed by atoms with Gasteiger partial charge in [0, 0.05) is 23.8 Å². The molecule has 0 saturated heterocycles. The molecule has 0 spiro atoms. The second-order valence-corrected chi connectivity index (χ2v) is 23.5. The van der Waals surface area contributed by atoms with Gasteiger partial charge in [-0.25, -0.2) is 30.1 Å². The molecule has 78 heavy (non-hydrogen) atoms. The zero-order chi connectivity index (χ0) is 55.7. The smallest absolute Gasteiger partial charge is 0.342 e. The van der Waals surface area contributed by atoms with Gasteiger partial charge in [-0.3, -0.25) is 18.7 Å². The van der Waals surface area contributed by atoms with Crippen molar-refractivity contribution in [1.29, 1.82) is 0 Å². The van der Waals surface area contributed by atoms with Gasteiger partial charge in [-0.05, 0) is 97.4 Å². The molecule has 414 valence electrons. The topological polar surface area (TPSA) is 270 Å². The van der Waals surface area contributed by atoms with Crippen LogP contribution in [0.1, 0.15) is 66.8 Å². The summed E-state index contributed by atoms with van der Waals surface area (Å²) in [5.41, 5.74) is 17.5. The van der Waals surface area contributed by atoms with Crippen LogP contribution in [0.3, 0.4) is 0 Å². The van der Waals surface area contributed by atoms with Gasteiger partial charge >= 0.3 is 27.0 Å². The molecule has 0 saturated carbocycles. The van der Waals surface area contributed by atoms with E-state index in [2.05, 4.69) is 25.1 Å². The molecule has 6 N–H and O–H groups in total. The number of carbonyl (C=O) groups is 2. The zero-order valence-electron chi connectivity index (χ0n) is 45.0. The quantitative estimate of drug-likeness (QED) is 0.0276. The minimum absolute atomic E-state index is 0.215. The molecule has 7 atom stereocenters. The molecule has 4 heterocycles. The summed E-state index contributed by atoms with van der Waals surface area (Å²) >= 11 is 0. The van der Waals surface area contributed by atoms with Crippen molar-refractivity contribution in [3.05, 3.63) is 121 Å². The lowest BCUT2D eigenvalue weighted by Crippen LogP contribution is -2.37. The zero-order valence-corrected chi connectivity index (χ0v) is 46.8. The first-order valence-electron chi connectivity index (χ1n) is 25.8. The number of nitrogens with two attached hydrogens (primary N) is 2. The lowest BCUT2D eigenvalue weighted by molar-refractivity contribution is -0.150. The lowest BCUT2D eigenvalue weighted by atomic mass is 10.0. The third-order valence-corrected chi connectivity index (χ3v) is 15.9. The van der Waals surface area contributed by atoms with E-state index in [0.29, 0.717) is 70.3 Å². The van der Waals surface area contributed by atoms with Crippen molar-refractivity contribution in [3.8, 4) is 11.5 Å². The number of esters is 2. The first-order valence-corrected chi connectivity index (χ1v) is 29.4. The van der Waals surface area contributed by atoms with Gasteiger partial charge in [-0.1, -0.05) is 66.7 Å². The first kappa shape index (κ1) is 57.2. The molecule has 23 heteroatoms. The highest BCUT2D eigenvalue weighted by Crippen LogP contribution is 2.45. The van der Waals surface area contributed by atoms with Crippen LogP contribution < -0.4 is 30.7 Å². The molecule has 0 aliphatic carbocycles. The number of imidazole rings is 2. The molecule has 4 aromatic carbocycles. The average molecular weight is 1110 g/mol. The lowest BCUT2D eigenvalue weighted by Gasteiger charge is -2.26. The van der Waals surface area contributed by atoms with E-state index in [4.69, 9.17) is 49.2 Å². The summed E-state index contributed by atoms with van der Waals surface area (Å²) in [6.07, 6.45) is -0.820. The number of para-hydroxylation sites is 3. The Hall–Kier alpha value is -6.96. The highest BCUT2D eigenvalue weighted by molar-refractivity contribution is 7.57. The van der Waals surface area contributed by atoms with Crippen LogP contribution in [-0.2, 0) is 68.5 Å². The molecule has 4 aromatic heterocycles. The van der Waals surface area contributed by atoms with E-state index in [-0.39, 0.29) is 37.8 Å². The number of anilines is 2. The first-order chi connectivity index (χ1) is 37.3. The standard InChI is InChI=1S/C55H68N10O11P2/c1-9-70-30-47-61-49-51(43-22-16-17-23-45(43)59-53(49)57)65(47)29-37(6)72-33-78(69,76-42-20-14-11-15-21-42)63-39(8)55(67)74-35(4)26-40-24-25-44-46(27-40)60-52(56)48-50(44)64(31-58-48)28-36(5)71-32-77(68,75-41-18-12-10-13-19-41)62-38(7)54(66)73-34(2)3/h10-25,27,31,34-39H,9,26,28-30,32-33H2,1-8H3,(H2,56,60)(H2,57,59)(H,62,68)(H,63,69). The van der Waals surface area contributed by atoms with Crippen LogP contribution in [-0.4, -0.2) is 96.8 Å². The number of aromatic nitrogens is 6. The van der Waals surface area contributed by atoms with E-state index >= 15 is 0 Å². The van der Waals surface area contributed by atoms with Crippen LogP contribution in [0.5, 0.6) is 11.5 Å². The number of pyridine rings is 2. The molecule has 8 rings (SSSR count). The van der Waals surface area contributed by atoms with Crippen molar-refractivity contribution in [1.82, 2.24) is 39.2 Å². The monoisotopic (exact) mass is 1110 g/mol. The Labute approximate surface area is 452 Å². The number of ether oxygens (including phenoxy) is 5. The van der Waals surface area contributed by atoms with Gasteiger partial charge < -0.3 is 53.3 Å². The summed E-state index contributed by atoms with van der Waals surface area (Å²) < 4.78 is 74.4. The molecule has 0 fully saturated rings. The van der Waals surface area contributed by atoms with Gasteiger partial charge in [0.1, 0.15) is 65.8 Å². The Kier molecular flexibility index (Phi) is 18.5. The fourth-order valence-corrected chi connectivity index (χ4v) is 12.4.